The maximum atomic E-state index is 13.4. The number of aliphatic hydroxyl groups is 1. The van der Waals surface area contributed by atoms with Gasteiger partial charge in [-0.2, -0.15) is 0 Å². The van der Waals surface area contributed by atoms with E-state index in [1.54, 1.807) is 36.4 Å². The minimum Gasteiger partial charge on any atom is -0.507 e. The van der Waals surface area contributed by atoms with E-state index in [4.69, 9.17) is 13.9 Å². The predicted molar refractivity (Wildman–Crippen MR) is 127 cm³/mol. The zero-order chi connectivity index (χ0) is 23.8. The molecule has 34 heavy (non-hydrogen) atoms. The Morgan fingerprint density at radius 2 is 1.74 bits per heavy atom. The number of ketones is 1. The molecule has 1 aliphatic rings. The number of anilines is 1. The molecular formula is C27H21NO6. The minimum absolute atomic E-state index is 0.0977. The van der Waals surface area contributed by atoms with E-state index in [0.717, 1.165) is 10.8 Å². The smallest absolute Gasteiger partial charge is 0.300 e. The molecule has 0 radical (unpaired) electrons. The number of amides is 1. The number of ether oxygens (including phenoxy) is 2. The molecule has 7 heteroatoms. The molecule has 1 aliphatic heterocycles. The molecule has 5 rings (SSSR count). The van der Waals surface area contributed by atoms with Gasteiger partial charge >= 0.3 is 0 Å². The van der Waals surface area contributed by atoms with Crippen molar-refractivity contribution < 1.29 is 28.6 Å². The average Bonchev–Trinajstić information content (AvgIpc) is 3.49. The van der Waals surface area contributed by atoms with Crippen LogP contribution in [0.25, 0.3) is 16.5 Å². The summed E-state index contributed by atoms with van der Waals surface area (Å²) in [7, 11) is 2.95. The van der Waals surface area contributed by atoms with Gasteiger partial charge in [0, 0.05) is 5.39 Å². The maximum Gasteiger partial charge on any atom is 0.300 e. The number of hydrogen-bond donors (Lipinski definition) is 1. The van der Waals surface area contributed by atoms with Gasteiger partial charge in [-0.1, -0.05) is 36.4 Å². The van der Waals surface area contributed by atoms with Crippen LogP contribution in [0.4, 0.5) is 5.69 Å². The lowest BCUT2D eigenvalue weighted by Crippen LogP contribution is -2.29. The number of hydrogen-bond acceptors (Lipinski definition) is 6. The summed E-state index contributed by atoms with van der Waals surface area (Å²) < 4.78 is 16.3. The molecule has 1 saturated heterocycles. The van der Waals surface area contributed by atoms with Crippen molar-refractivity contribution in [2.45, 2.75) is 6.04 Å². The van der Waals surface area contributed by atoms with Gasteiger partial charge in [0.05, 0.1) is 37.3 Å². The molecule has 3 aromatic carbocycles. The highest BCUT2D eigenvalue weighted by Gasteiger charge is 2.49. The van der Waals surface area contributed by atoms with Crippen LogP contribution in [0.15, 0.2) is 89.0 Å². The van der Waals surface area contributed by atoms with Crippen LogP contribution in [0.3, 0.4) is 0 Å². The van der Waals surface area contributed by atoms with Crippen LogP contribution in [0, 0.1) is 0 Å². The first-order valence-corrected chi connectivity index (χ1v) is 10.6. The largest absolute Gasteiger partial charge is 0.507 e. The molecule has 1 fully saturated rings. The number of methoxy groups -OCH3 is 2. The standard InChI is InChI=1S/C27H21NO6/c1-32-17-12-13-21(33-2)19(15-17)25(29)23-24(22-11-6-14-34-22)28(27(31)26(23)30)20-10-5-8-16-7-3-4-9-18(16)20/h3-15,24,29H,1-2H3/b25-23-. The molecule has 0 saturated carbocycles. The molecule has 4 aromatic rings. The Hall–Kier alpha value is -4.52. The van der Waals surface area contributed by atoms with Crippen LogP contribution in [0.1, 0.15) is 17.4 Å². The third-order valence-corrected chi connectivity index (χ3v) is 5.95. The first-order chi connectivity index (χ1) is 16.5. The number of rotatable bonds is 5. The number of aliphatic hydroxyl groups excluding tert-OH is 1. The van der Waals surface area contributed by atoms with Gasteiger partial charge in [-0.25, -0.2) is 0 Å². The Morgan fingerprint density at radius 3 is 2.47 bits per heavy atom. The molecule has 1 unspecified atom stereocenters. The predicted octanol–water partition coefficient (Wildman–Crippen LogP) is 5.08. The Balaban J connectivity index is 1.78. The van der Waals surface area contributed by atoms with Crippen LogP contribution in [0.5, 0.6) is 11.5 Å². The van der Waals surface area contributed by atoms with Crippen molar-refractivity contribution in [3.8, 4) is 11.5 Å². The lowest BCUT2D eigenvalue weighted by Gasteiger charge is -2.25. The van der Waals surface area contributed by atoms with Gasteiger partial charge in [0.25, 0.3) is 11.7 Å². The molecule has 0 aliphatic carbocycles. The van der Waals surface area contributed by atoms with E-state index in [9.17, 15) is 14.7 Å². The highest BCUT2D eigenvalue weighted by molar-refractivity contribution is 6.52. The average molecular weight is 455 g/mol. The van der Waals surface area contributed by atoms with Crippen molar-refractivity contribution in [1.82, 2.24) is 0 Å². The molecule has 0 bridgehead atoms. The quantitative estimate of drug-likeness (QED) is 0.257. The van der Waals surface area contributed by atoms with Gasteiger partial charge in [-0.15, -0.1) is 0 Å². The molecule has 1 atom stereocenters. The van der Waals surface area contributed by atoms with Crippen molar-refractivity contribution in [2.75, 3.05) is 19.1 Å². The van der Waals surface area contributed by atoms with Crippen molar-refractivity contribution >= 4 is 33.9 Å². The third-order valence-electron chi connectivity index (χ3n) is 5.95. The van der Waals surface area contributed by atoms with Crippen LogP contribution in [-0.4, -0.2) is 31.0 Å². The van der Waals surface area contributed by atoms with Gasteiger partial charge in [-0.3, -0.25) is 14.5 Å². The molecule has 1 aromatic heterocycles. The first kappa shape index (κ1) is 21.3. The van der Waals surface area contributed by atoms with Crippen LogP contribution in [-0.2, 0) is 9.59 Å². The summed E-state index contributed by atoms with van der Waals surface area (Å²) in [5.41, 5.74) is 0.673. The molecule has 1 amide bonds. The van der Waals surface area contributed by atoms with Gasteiger partial charge in [0.2, 0.25) is 0 Å². The Labute approximate surface area is 195 Å². The van der Waals surface area contributed by atoms with Crippen LogP contribution >= 0.6 is 0 Å². The van der Waals surface area contributed by atoms with Gasteiger partial charge < -0.3 is 19.0 Å². The molecule has 0 spiro atoms. The summed E-state index contributed by atoms with van der Waals surface area (Å²) in [5, 5.41) is 13.1. The number of benzene rings is 3. The van der Waals surface area contributed by atoms with Crippen molar-refractivity contribution in [2.24, 2.45) is 0 Å². The van der Waals surface area contributed by atoms with Crippen molar-refractivity contribution in [1.29, 1.82) is 0 Å². The number of Topliss-reactive ketones (excluding diaryl/α,β-unsaturated/α-hetero) is 1. The van der Waals surface area contributed by atoms with E-state index in [1.165, 1.54) is 25.4 Å². The Bertz CT molecular complexity index is 1430. The summed E-state index contributed by atoms with van der Waals surface area (Å²) >= 11 is 0. The van der Waals surface area contributed by atoms with Gasteiger partial charge in [0.15, 0.2) is 0 Å². The Morgan fingerprint density at radius 1 is 0.941 bits per heavy atom. The lowest BCUT2D eigenvalue weighted by molar-refractivity contribution is -0.132. The SMILES string of the molecule is COc1ccc(OC)c(/C(O)=C2/C(=O)C(=O)N(c3cccc4ccccc34)C2c2ccco2)c1. The second-order valence-corrected chi connectivity index (χ2v) is 7.75. The van der Waals surface area contributed by atoms with Crippen molar-refractivity contribution in [3.63, 3.8) is 0 Å². The fourth-order valence-corrected chi connectivity index (χ4v) is 4.36. The number of nitrogens with zero attached hydrogens (tertiary/aromatic N) is 1. The summed E-state index contributed by atoms with van der Waals surface area (Å²) in [6.07, 6.45) is 1.46. The second-order valence-electron chi connectivity index (χ2n) is 7.75. The fourth-order valence-electron chi connectivity index (χ4n) is 4.36. The van der Waals surface area contributed by atoms with E-state index < -0.39 is 17.7 Å². The van der Waals surface area contributed by atoms with E-state index >= 15 is 0 Å². The molecule has 7 nitrogen and oxygen atoms in total. The van der Waals surface area contributed by atoms with E-state index in [1.807, 2.05) is 36.4 Å². The Kier molecular flexibility index (Phi) is 5.30. The molecule has 2 heterocycles. The lowest BCUT2D eigenvalue weighted by atomic mass is 9.98. The van der Waals surface area contributed by atoms with E-state index in [2.05, 4.69) is 0 Å². The molecule has 170 valence electrons. The highest BCUT2D eigenvalue weighted by atomic mass is 16.5. The van der Waals surface area contributed by atoms with Gasteiger partial charge in [0.1, 0.15) is 29.1 Å². The van der Waals surface area contributed by atoms with E-state index in [0.29, 0.717) is 22.9 Å². The highest BCUT2D eigenvalue weighted by Crippen LogP contribution is 2.45. The summed E-state index contributed by atoms with van der Waals surface area (Å²) in [6.45, 7) is 0. The number of carbonyl (C=O) groups is 2. The molecule has 1 N–H and O–H groups in total. The number of carbonyl (C=O) groups excluding carboxylic acids is 2. The molecular weight excluding hydrogens is 434 g/mol. The third kappa shape index (κ3) is 3.29. The summed E-state index contributed by atoms with van der Waals surface area (Å²) in [6, 6.07) is 20.3. The number of fused-ring (bicyclic) bond motifs is 1. The van der Waals surface area contributed by atoms with Crippen molar-refractivity contribution in [3.05, 3.63) is 96.0 Å². The first-order valence-electron chi connectivity index (χ1n) is 10.6. The normalized spacial score (nSPS) is 17.4. The maximum absolute atomic E-state index is 13.4. The van der Waals surface area contributed by atoms with E-state index in [-0.39, 0.29) is 16.9 Å². The summed E-state index contributed by atoms with van der Waals surface area (Å²) in [5.74, 6) is -0.834. The van der Waals surface area contributed by atoms with Crippen LogP contribution < -0.4 is 14.4 Å². The topological polar surface area (TPSA) is 89.2 Å². The zero-order valence-electron chi connectivity index (χ0n) is 18.5. The minimum atomic E-state index is -0.975. The number of furan rings is 1. The summed E-state index contributed by atoms with van der Waals surface area (Å²) in [4.78, 5) is 28.2. The zero-order valence-corrected chi connectivity index (χ0v) is 18.5. The second kappa shape index (κ2) is 8.44. The van der Waals surface area contributed by atoms with Crippen LogP contribution in [0.2, 0.25) is 0 Å². The van der Waals surface area contributed by atoms with Gasteiger partial charge in [-0.05, 0) is 41.8 Å². The monoisotopic (exact) mass is 455 g/mol. The fraction of sp³-hybridized carbons (Fsp3) is 0.111.